The standard InChI is InChI=1S/C33H30N6O3/c1-37(2)22-7-10-25-28(16-22)40-31(34-25)19-13-20(32-35-26-11-8-23(38(3)4)17-29(26)41-32)15-21(14-19)33-36-27-12-9-24(39(5)6)18-30(27)42-33/h7-18H,1-6H3. The lowest BCUT2D eigenvalue weighted by Gasteiger charge is -2.10. The maximum atomic E-state index is 6.28. The van der Waals surface area contributed by atoms with E-state index in [0.717, 1.165) is 50.3 Å². The van der Waals surface area contributed by atoms with Crippen LogP contribution in [0.4, 0.5) is 17.1 Å². The smallest absolute Gasteiger partial charge is 0.227 e. The zero-order valence-corrected chi connectivity index (χ0v) is 24.3. The molecule has 0 amide bonds. The summed E-state index contributed by atoms with van der Waals surface area (Å²) in [5.74, 6) is 1.46. The average molecular weight is 559 g/mol. The predicted molar refractivity (Wildman–Crippen MR) is 168 cm³/mol. The van der Waals surface area contributed by atoms with Gasteiger partial charge in [0.05, 0.1) is 0 Å². The van der Waals surface area contributed by atoms with Gasteiger partial charge in [-0.25, -0.2) is 15.0 Å². The van der Waals surface area contributed by atoms with Crippen LogP contribution in [0.25, 0.3) is 67.7 Å². The number of oxazole rings is 3. The molecule has 0 aliphatic rings. The van der Waals surface area contributed by atoms with Crippen LogP contribution in [0.5, 0.6) is 0 Å². The number of aromatic nitrogens is 3. The third kappa shape index (κ3) is 4.49. The molecule has 9 heteroatoms. The second-order valence-corrected chi connectivity index (χ2v) is 11.0. The van der Waals surface area contributed by atoms with E-state index in [4.69, 9.17) is 28.2 Å². The Morgan fingerprint density at radius 2 is 0.690 bits per heavy atom. The van der Waals surface area contributed by atoms with Gasteiger partial charge in [0.2, 0.25) is 17.7 Å². The Kier molecular flexibility index (Phi) is 5.90. The maximum absolute atomic E-state index is 6.28. The van der Waals surface area contributed by atoms with E-state index in [0.29, 0.717) is 34.4 Å². The molecule has 0 fully saturated rings. The molecule has 0 bridgehead atoms. The third-order valence-electron chi connectivity index (χ3n) is 7.34. The predicted octanol–water partition coefficient (Wildman–Crippen LogP) is 7.31. The summed E-state index contributed by atoms with van der Waals surface area (Å²) in [7, 11) is 12.0. The van der Waals surface area contributed by atoms with Crippen molar-refractivity contribution in [2.45, 2.75) is 0 Å². The van der Waals surface area contributed by atoms with Crippen LogP contribution in [-0.4, -0.2) is 57.2 Å². The van der Waals surface area contributed by atoms with Gasteiger partial charge in [0, 0.05) is 94.2 Å². The molecule has 3 aromatic heterocycles. The molecule has 3 heterocycles. The fourth-order valence-electron chi connectivity index (χ4n) is 4.94. The van der Waals surface area contributed by atoms with Crippen molar-refractivity contribution in [3.8, 4) is 34.4 Å². The van der Waals surface area contributed by atoms with E-state index < -0.39 is 0 Å². The summed E-state index contributed by atoms with van der Waals surface area (Å²) in [4.78, 5) is 20.5. The summed E-state index contributed by atoms with van der Waals surface area (Å²) in [6.07, 6.45) is 0. The molecule has 0 aliphatic carbocycles. The highest BCUT2D eigenvalue weighted by molar-refractivity contribution is 5.85. The molecule has 7 rings (SSSR count). The van der Waals surface area contributed by atoms with Crippen molar-refractivity contribution in [2.24, 2.45) is 0 Å². The van der Waals surface area contributed by atoms with Gasteiger partial charge in [-0.05, 0) is 54.6 Å². The Hall–Kier alpha value is -5.31. The van der Waals surface area contributed by atoms with Crippen LogP contribution < -0.4 is 14.7 Å². The molecular formula is C33H30N6O3. The summed E-state index contributed by atoms with van der Waals surface area (Å²) in [5, 5.41) is 0. The van der Waals surface area contributed by atoms with Crippen LogP contribution in [0.15, 0.2) is 86.0 Å². The zero-order valence-electron chi connectivity index (χ0n) is 24.3. The van der Waals surface area contributed by atoms with Gasteiger partial charge >= 0.3 is 0 Å². The van der Waals surface area contributed by atoms with Crippen LogP contribution >= 0.6 is 0 Å². The first kappa shape index (κ1) is 25.6. The second-order valence-electron chi connectivity index (χ2n) is 11.0. The van der Waals surface area contributed by atoms with Gasteiger partial charge < -0.3 is 28.0 Å². The summed E-state index contributed by atoms with van der Waals surface area (Å²) in [5.41, 5.74) is 9.84. The van der Waals surface area contributed by atoms with Crippen molar-refractivity contribution in [3.63, 3.8) is 0 Å². The highest BCUT2D eigenvalue weighted by Crippen LogP contribution is 2.36. The van der Waals surface area contributed by atoms with Crippen molar-refractivity contribution in [1.29, 1.82) is 0 Å². The van der Waals surface area contributed by atoms with Crippen molar-refractivity contribution in [3.05, 3.63) is 72.8 Å². The van der Waals surface area contributed by atoms with Crippen LogP contribution in [0.2, 0.25) is 0 Å². The summed E-state index contributed by atoms with van der Waals surface area (Å²) in [6, 6.07) is 23.9. The lowest BCUT2D eigenvalue weighted by atomic mass is 10.1. The molecule has 42 heavy (non-hydrogen) atoms. The summed E-state index contributed by atoms with van der Waals surface area (Å²) in [6.45, 7) is 0. The quantitative estimate of drug-likeness (QED) is 0.208. The molecule has 0 saturated heterocycles. The van der Waals surface area contributed by atoms with E-state index in [-0.39, 0.29) is 0 Å². The lowest BCUT2D eigenvalue weighted by molar-refractivity contribution is 0.615. The third-order valence-corrected chi connectivity index (χ3v) is 7.34. The Labute approximate surface area is 242 Å². The zero-order chi connectivity index (χ0) is 29.1. The molecule has 0 unspecified atom stereocenters. The molecule has 0 saturated carbocycles. The Morgan fingerprint density at radius 1 is 0.405 bits per heavy atom. The first-order valence-electron chi connectivity index (χ1n) is 13.6. The number of benzene rings is 4. The molecule has 210 valence electrons. The molecule has 0 N–H and O–H groups in total. The minimum atomic E-state index is 0.487. The fraction of sp³-hybridized carbons (Fsp3) is 0.182. The van der Waals surface area contributed by atoms with E-state index in [1.54, 1.807) is 0 Å². The summed E-state index contributed by atoms with van der Waals surface area (Å²) < 4.78 is 18.8. The number of anilines is 3. The van der Waals surface area contributed by atoms with Crippen molar-refractivity contribution in [2.75, 3.05) is 57.0 Å². The number of hydrogen-bond acceptors (Lipinski definition) is 9. The van der Waals surface area contributed by atoms with Gasteiger partial charge in [0.25, 0.3) is 0 Å². The fourth-order valence-corrected chi connectivity index (χ4v) is 4.94. The van der Waals surface area contributed by atoms with E-state index in [1.807, 2.05) is 130 Å². The first-order chi connectivity index (χ1) is 20.2. The lowest BCUT2D eigenvalue weighted by Crippen LogP contribution is -2.07. The van der Waals surface area contributed by atoms with Gasteiger partial charge in [0.1, 0.15) is 16.6 Å². The minimum Gasteiger partial charge on any atom is -0.436 e. The van der Waals surface area contributed by atoms with Crippen molar-refractivity contribution < 1.29 is 13.3 Å². The average Bonchev–Trinajstić information content (AvgIpc) is 3.71. The van der Waals surface area contributed by atoms with Crippen molar-refractivity contribution in [1.82, 2.24) is 15.0 Å². The minimum absolute atomic E-state index is 0.487. The molecule has 0 aliphatic heterocycles. The van der Waals surface area contributed by atoms with E-state index in [2.05, 4.69) is 0 Å². The molecule has 7 aromatic rings. The molecular weight excluding hydrogens is 528 g/mol. The second kappa shape index (κ2) is 9.66. The van der Waals surface area contributed by atoms with Crippen molar-refractivity contribution >= 4 is 50.4 Å². The van der Waals surface area contributed by atoms with Crippen LogP contribution in [0.1, 0.15) is 0 Å². The Morgan fingerprint density at radius 3 is 0.952 bits per heavy atom. The van der Waals surface area contributed by atoms with Gasteiger partial charge in [-0.3, -0.25) is 0 Å². The molecule has 0 spiro atoms. The topological polar surface area (TPSA) is 87.8 Å². The SMILES string of the molecule is CN(C)c1ccc2nc(-c3cc(-c4nc5ccc(N(C)C)cc5o4)cc(-c4nc5ccc(N(C)C)cc5o4)c3)oc2c1. The molecule has 0 radical (unpaired) electrons. The van der Waals surface area contributed by atoms with Crippen LogP contribution in [0.3, 0.4) is 0 Å². The number of rotatable bonds is 6. The highest BCUT2D eigenvalue weighted by atomic mass is 16.4. The highest BCUT2D eigenvalue weighted by Gasteiger charge is 2.19. The molecule has 9 nitrogen and oxygen atoms in total. The van der Waals surface area contributed by atoms with E-state index >= 15 is 0 Å². The number of nitrogens with zero attached hydrogens (tertiary/aromatic N) is 6. The number of hydrogen-bond donors (Lipinski definition) is 0. The van der Waals surface area contributed by atoms with Gasteiger partial charge in [-0.1, -0.05) is 0 Å². The Balaban J connectivity index is 1.40. The van der Waals surface area contributed by atoms with Gasteiger partial charge in [-0.15, -0.1) is 0 Å². The van der Waals surface area contributed by atoms with E-state index in [9.17, 15) is 0 Å². The molecule has 0 atom stereocenters. The molecule has 4 aromatic carbocycles. The van der Waals surface area contributed by atoms with E-state index in [1.165, 1.54) is 0 Å². The van der Waals surface area contributed by atoms with Gasteiger partial charge in [0.15, 0.2) is 16.7 Å². The van der Waals surface area contributed by atoms with Crippen LogP contribution in [0, 0.1) is 0 Å². The first-order valence-corrected chi connectivity index (χ1v) is 13.6. The largest absolute Gasteiger partial charge is 0.436 e. The monoisotopic (exact) mass is 558 g/mol. The Bertz CT molecular complexity index is 1850. The summed E-state index contributed by atoms with van der Waals surface area (Å²) >= 11 is 0. The number of fused-ring (bicyclic) bond motifs is 3. The normalized spacial score (nSPS) is 11.6. The van der Waals surface area contributed by atoms with Gasteiger partial charge in [-0.2, -0.15) is 0 Å². The maximum Gasteiger partial charge on any atom is 0.227 e. The van der Waals surface area contributed by atoms with Crippen LogP contribution in [-0.2, 0) is 0 Å².